The van der Waals surface area contributed by atoms with E-state index < -0.39 is 24.1 Å². The normalized spacial score (nSPS) is 23.9. The standard InChI is InChI=1S/C29H33FN4O5/c1-16(2)22-14-19(30)6-8-21(22)24-10-5-17(3)34(24)25(35)15-33-26(36)29(39-28(33)38)12-11-18-13-20(7-9-23(18)29)32-27(37)31-4/h6-9,13-14,16-17,24H,5,10-12,15H2,1-4H3,(H2,31,32,37)/t17-,24+,29+/m0/s1. The zero-order valence-electron chi connectivity index (χ0n) is 22.5. The number of anilines is 1. The summed E-state index contributed by atoms with van der Waals surface area (Å²) in [5, 5.41) is 5.18. The summed E-state index contributed by atoms with van der Waals surface area (Å²) in [5.74, 6) is -1.17. The number of benzene rings is 2. The van der Waals surface area contributed by atoms with Crippen LogP contribution in [0.15, 0.2) is 36.4 Å². The van der Waals surface area contributed by atoms with Gasteiger partial charge in [0.25, 0.3) is 5.91 Å². The number of hydrogen-bond acceptors (Lipinski definition) is 5. The van der Waals surface area contributed by atoms with Crippen LogP contribution in [0.5, 0.6) is 0 Å². The lowest BCUT2D eigenvalue weighted by Gasteiger charge is -2.31. The predicted molar refractivity (Wildman–Crippen MR) is 141 cm³/mol. The smallest absolute Gasteiger partial charge is 0.418 e. The molecule has 0 saturated carbocycles. The summed E-state index contributed by atoms with van der Waals surface area (Å²) >= 11 is 0. The highest BCUT2D eigenvalue weighted by atomic mass is 19.1. The van der Waals surface area contributed by atoms with Gasteiger partial charge in [-0.05, 0) is 73.1 Å². The Hall–Kier alpha value is -3.95. The van der Waals surface area contributed by atoms with Crippen molar-refractivity contribution in [1.82, 2.24) is 15.1 Å². The van der Waals surface area contributed by atoms with Crippen LogP contribution in [0.3, 0.4) is 0 Å². The van der Waals surface area contributed by atoms with E-state index in [1.54, 1.807) is 29.2 Å². The van der Waals surface area contributed by atoms with E-state index >= 15 is 0 Å². The fourth-order valence-electron chi connectivity index (χ4n) is 6.20. The summed E-state index contributed by atoms with van der Waals surface area (Å²) in [6.45, 7) is 5.49. The average Bonchev–Trinajstić information content (AvgIpc) is 3.53. The van der Waals surface area contributed by atoms with Gasteiger partial charge >= 0.3 is 12.1 Å². The zero-order valence-corrected chi connectivity index (χ0v) is 22.5. The minimum Gasteiger partial charge on any atom is -0.427 e. The van der Waals surface area contributed by atoms with E-state index in [2.05, 4.69) is 10.6 Å². The highest BCUT2D eigenvalue weighted by molar-refractivity contribution is 6.06. The molecule has 0 radical (unpaired) electrons. The Morgan fingerprint density at radius 1 is 1.15 bits per heavy atom. The van der Waals surface area contributed by atoms with Gasteiger partial charge in [0.05, 0.1) is 6.04 Å². The van der Waals surface area contributed by atoms with E-state index in [9.17, 15) is 23.6 Å². The monoisotopic (exact) mass is 536 g/mol. The van der Waals surface area contributed by atoms with Crippen molar-refractivity contribution in [2.75, 3.05) is 18.9 Å². The van der Waals surface area contributed by atoms with Crippen LogP contribution in [0, 0.1) is 5.82 Å². The van der Waals surface area contributed by atoms with E-state index in [-0.39, 0.29) is 42.2 Å². The Labute approximate surface area is 226 Å². The molecule has 1 aliphatic carbocycles. The molecular formula is C29H33FN4O5. The molecule has 2 aromatic rings. The molecule has 0 unspecified atom stereocenters. The van der Waals surface area contributed by atoms with Crippen LogP contribution in [-0.2, 0) is 26.3 Å². The van der Waals surface area contributed by atoms with E-state index in [4.69, 9.17) is 4.74 Å². The van der Waals surface area contributed by atoms with Crippen molar-refractivity contribution >= 4 is 29.6 Å². The van der Waals surface area contributed by atoms with E-state index in [1.165, 1.54) is 19.2 Å². The SMILES string of the molecule is CNC(=O)Nc1ccc2c(c1)CC[C@@]21OC(=O)N(CC(=O)N2[C@@H](c3ccc(F)cc3C(C)C)CC[C@@H]2C)C1=O. The molecular weight excluding hydrogens is 503 g/mol. The number of urea groups is 1. The number of nitrogens with zero attached hydrogens (tertiary/aromatic N) is 2. The third kappa shape index (κ3) is 4.51. The first kappa shape index (κ1) is 26.6. The number of likely N-dealkylation sites (tertiary alicyclic amines) is 1. The minimum absolute atomic E-state index is 0.0630. The van der Waals surface area contributed by atoms with Crippen LogP contribution in [0.2, 0.25) is 0 Å². The fourth-order valence-corrected chi connectivity index (χ4v) is 6.20. The van der Waals surface area contributed by atoms with Crippen molar-refractivity contribution in [3.8, 4) is 0 Å². The maximum Gasteiger partial charge on any atom is 0.418 e. The van der Waals surface area contributed by atoms with Gasteiger partial charge in [0.2, 0.25) is 11.5 Å². The van der Waals surface area contributed by atoms with Crippen molar-refractivity contribution in [3.63, 3.8) is 0 Å². The summed E-state index contributed by atoms with van der Waals surface area (Å²) in [6.07, 6.45) is 1.36. The topological polar surface area (TPSA) is 108 Å². The van der Waals surface area contributed by atoms with Gasteiger partial charge in [-0.3, -0.25) is 9.59 Å². The van der Waals surface area contributed by atoms with Gasteiger partial charge in [-0.15, -0.1) is 0 Å². The molecule has 2 heterocycles. The maximum atomic E-state index is 14.0. The number of carbonyl (C=O) groups is 4. The number of rotatable bonds is 5. The second-order valence-corrected chi connectivity index (χ2v) is 10.8. The van der Waals surface area contributed by atoms with Gasteiger partial charge in [0.15, 0.2) is 0 Å². The van der Waals surface area contributed by atoms with E-state index in [1.807, 2.05) is 20.8 Å². The Morgan fingerprint density at radius 2 is 1.92 bits per heavy atom. The van der Waals surface area contributed by atoms with Crippen molar-refractivity contribution in [1.29, 1.82) is 0 Å². The number of amides is 5. The highest BCUT2D eigenvalue weighted by Gasteiger charge is 2.58. The third-order valence-corrected chi connectivity index (χ3v) is 8.12. The van der Waals surface area contributed by atoms with E-state index in [0.29, 0.717) is 24.1 Å². The molecule has 2 fully saturated rings. The molecule has 3 atom stereocenters. The highest BCUT2D eigenvalue weighted by Crippen LogP contribution is 2.46. The Bertz CT molecular complexity index is 1360. The molecule has 10 heteroatoms. The zero-order chi connectivity index (χ0) is 28.1. The molecule has 5 rings (SSSR count). The molecule has 0 bridgehead atoms. The van der Waals surface area contributed by atoms with Gasteiger partial charge in [-0.1, -0.05) is 26.0 Å². The lowest BCUT2D eigenvalue weighted by molar-refractivity contribution is -0.143. The van der Waals surface area contributed by atoms with Crippen molar-refractivity contribution < 1.29 is 28.3 Å². The number of halogens is 1. The lowest BCUT2D eigenvalue weighted by Crippen LogP contribution is -2.46. The van der Waals surface area contributed by atoms with E-state index in [0.717, 1.165) is 28.0 Å². The summed E-state index contributed by atoms with van der Waals surface area (Å²) in [4.78, 5) is 54.6. The second-order valence-electron chi connectivity index (χ2n) is 10.8. The largest absolute Gasteiger partial charge is 0.427 e. The number of carbonyl (C=O) groups excluding carboxylic acids is 4. The van der Waals surface area contributed by atoms with Gasteiger partial charge in [0, 0.05) is 30.8 Å². The van der Waals surface area contributed by atoms with Crippen LogP contribution in [0.1, 0.15) is 74.2 Å². The number of hydrogen-bond donors (Lipinski definition) is 2. The predicted octanol–water partition coefficient (Wildman–Crippen LogP) is 4.57. The molecule has 5 amide bonds. The molecule has 206 valence electrons. The van der Waals surface area contributed by atoms with Crippen LogP contribution in [-0.4, -0.2) is 53.4 Å². The van der Waals surface area contributed by atoms with Crippen molar-refractivity contribution in [2.45, 2.75) is 70.1 Å². The lowest BCUT2D eigenvalue weighted by atomic mass is 9.91. The molecule has 39 heavy (non-hydrogen) atoms. The average molecular weight is 537 g/mol. The first-order chi connectivity index (χ1) is 18.6. The van der Waals surface area contributed by atoms with Crippen LogP contribution in [0.25, 0.3) is 0 Å². The van der Waals surface area contributed by atoms with Crippen molar-refractivity contribution in [2.24, 2.45) is 0 Å². The quantitative estimate of drug-likeness (QED) is 0.582. The summed E-state index contributed by atoms with van der Waals surface area (Å²) in [7, 11) is 1.51. The molecule has 0 aromatic heterocycles. The molecule has 2 aliphatic heterocycles. The van der Waals surface area contributed by atoms with Crippen molar-refractivity contribution in [3.05, 3.63) is 64.5 Å². The van der Waals surface area contributed by atoms with Gasteiger partial charge in [0.1, 0.15) is 12.4 Å². The Balaban J connectivity index is 1.38. The van der Waals surface area contributed by atoms with Gasteiger partial charge in [-0.25, -0.2) is 18.9 Å². The van der Waals surface area contributed by atoms with Crippen LogP contribution < -0.4 is 10.6 Å². The molecule has 2 aromatic carbocycles. The Morgan fingerprint density at radius 3 is 2.64 bits per heavy atom. The fraction of sp³-hybridized carbons (Fsp3) is 0.448. The summed E-state index contributed by atoms with van der Waals surface area (Å²) in [6, 6.07) is 9.02. The third-order valence-electron chi connectivity index (χ3n) is 8.12. The number of nitrogens with one attached hydrogen (secondary N) is 2. The summed E-state index contributed by atoms with van der Waals surface area (Å²) < 4.78 is 19.7. The number of imide groups is 1. The molecule has 9 nitrogen and oxygen atoms in total. The first-order valence-electron chi connectivity index (χ1n) is 13.3. The van der Waals surface area contributed by atoms with Crippen LogP contribution in [0.4, 0.5) is 19.7 Å². The molecule has 1 spiro atoms. The molecule has 2 saturated heterocycles. The van der Waals surface area contributed by atoms with Gasteiger partial charge < -0.3 is 20.3 Å². The van der Waals surface area contributed by atoms with Gasteiger partial charge in [-0.2, -0.15) is 0 Å². The summed E-state index contributed by atoms with van der Waals surface area (Å²) in [5.41, 5.74) is 2.18. The van der Waals surface area contributed by atoms with Crippen LogP contribution >= 0.6 is 0 Å². The molecule has 3 aliphatic rings. The second kappa shape index (κ2) is 9.98. The number of fused-ring (bicyclic) bond motifs is 2. The Kier molecular flexibility index (Phi) is 6.82. The number of ether oxygens (including phenoxy) is 1. The first-order valence-corrected chi connectivity index (χ1v) is 13.3. The minimum atomic E-state index is -1.48. The maximum absolute atomic E-state index is 14.0. The molecule has 2 N–H and O–H groups in total. The number of aryl methyl sites for hydroxylation is 1.